The number of halogens is 1. The molecule has 1 atom stereocenters. The van der Waals surface area contributed by atoms with Gasteiger partial charge in [-0.15, -0.1) is 0 Å². The smallest absolute Gasteiger partial charge is 0.124 e. The number of rotatable bonds is 5. The molecule has 0 spiro atoms. The predicted molar refractivity (Wildman–Crippen MR) is 83.0 cm³/mol. The minimum absolute atomic E-state index is 0.203. The van der Waals surface area contributed by atoms with Gasteiger partial charge in [-0.05, 0) is 37.1 Å². The Balaban J connectivity index is 2.47. The zero-order valence-corrected chi connectivity index (χ0v) is 12.4. The molecular weight excluding hydrogens is 272 g/mol. The second-order valence-corrected chi connectivity index (χ2v) is 5.00. The Hall–Kier alpha value is -1.55. The van der Waals surface area contributed by atoms with Crippen LogP contribution in [0.4, 0.5) is 0 Å². The lowest BCUT2D eigenvalue weighted by molar-refractivity contribution is 0.333. The summed E-state index contributed by atoms with van der Waals surface area (Å²) >= 11 is 6.35. The highest BCUT2D eigenvalue weighted by Crippen LogP contribution is 2.33. The quantitative estimate of drug-likeness (QED) is 0.653. The normalized spacial score (nSPS) is 12.2. The van der Waals surface area contributed by atoms with Gasteiger partial charge < -0.3 is 4.74 Å². The summed E-state index contributed by atoms with van der Waals surface area (Å²) in [6, 6.07) is 13.6. The van der Waals surface area contributed by atoms with Crippen LogP contribution in [0.25, 0.3) is 0 Å². The van der Waals surface area contributed by atoms with E-state index in [1.807, 2.05) is 56.3 Å². The van der Waals surface area contributed by atoms with Crippen LogP contribution in [0.3, 0.4) is 0 Å². The average molecular weight is 291 g/mol. The number of para-hydroxylation sites is 1. The summed E-state index contributed by atoms with van der Waals surface area (Å²) in [6.45, 7) is 4.57. The Morgan fingerprint density at radius 3 is 2.60 bits per heavy atom. The first kappa shape index (κ1) is 14.9. The largest absolute Gasteiger partial charge is 0.494 e. The summed E-state index contributed by atoms with van der Waals surface area (Å²) in [5, 5.41) is 0.694. The molecule has 2 aromatic carbocycles. The van der Waals surface area contributed by atoms with Crippen molar-refractivity contribution >= 4 is 11.6 Å². The first-order valence-corrected chi connectivity index (χ1v) is 6.99. The van der Waals surface area contributed by atoms with Crippen LogP contribution >= 0.6 is 11.6 Å². The maximum atomic E-state index is 6.35. The summed E-state index contributed by atoms with van der Waals surface area (Å²) < 4.78 is 5.67. The number of hydrogen-bond acceptors (Lipinski definition) is 3. The number of hydrazine groups is 1. The van der Waals surface area contributed by atoms with Crippen LogP contribution in [0.2, 0.25) is 5.02 Å². The monoisotopic (exact) mass is 290 g/mol. The van der Waals surface area contributed by atoms with E-state index in [1.165, 1.54) is 0 Å². The molecular formula is C16H19ClN2O. The second-order valence-electron chi connectivity index (χ2n) is 4.60. The minimum Gasteiger partial charge on any atom is -0.494 e. The van der Waals surface area contributed by atoms with E-state index in [4.69, 9.17) is 22.2 Å². The molecule has 1 unspecified atom stereocenters. The van der Waals surface area contributed by atoms with Crippen LogP contribution in [-0.4, -0.2) is 6.61 Å². The first-order valence-electron chi connectivity index (χ1n) is 6.61. The van der Waals surface area contributed by atoms with E-state index < -0.39 is 0 Å². The van der Waals surface area contributed by atoms with Gasteiger partial charge in [0.25, 0.3) is 0 Å². The predicted octanol–water partition coefficient (Wildman–Crippen LogP) is 3.60. The van der Waals surface area contributed by atoms with Crippen LogP contribution in [0.1, 0.15) is 29.7 Å². The highest BCUT2D eigenvalue weighted by molar-refractivity contribution is 6.31. The number of hydrogen-bond donors (Lipinski definition) is 2. The third kappa shape index (κ3) is 3.12. The fourth-order valence-electron chi connectivity index (χ4n) is 2.22. The zero-order chi connectivity index (χ0) is 14.5. The van der Waals surface area contributed by atoms with Crippen LogP contribution < -0.4 is 16.0 Å². The van der Waals surface area contributed by atoms with Crippen molar-refractivity contribution in [2.45, 2.75) is 19.9 Å². The summed E-state index contributed by atoms with van der Waals surface area (Å²) in [5.41, 5.74) is 5.86. The van der Waals surface area contributed by atoms with Crippen molar-refractivity contribution in [1.29, 1.82) is 0 Å². The molecule has 0 heterocycles. The standard InChI is InChI=1S/C16H19ClN2O/c1-3-20-15-7-5-4-6-13(15)16(19-18)12-9-8-11(2)10-14(12)17/h4-10,16,19H,3,18H2,1-2H3. The van der Waals surface area contributed by atoms with E-state index in [2.05, 4.69) is 5.43 Å². The molecule has 106 valence electrons. The van der Waals surface area contributed by atoms with E-state index in [-0.39, 0.29) is 6.04 Å². The molecule has 0 aromatic heterocycles. The molecule has 0 saturated carbocycles. The van der Waals surface area contributed by atoms with Gasteiger partial charge in [-0.1, -0.05) is 41.9 Å². The van der Waals surface area contributed by atoms with Crippen LogP contribution in [0.15, 0.2) is 42.5 Å². The molecule has 3 N–H and O–H groups in total. The van der Waals surface area contributed by atoms with Crippen molar-refractivity contribution in [2.24, 2.45) is 5.84 Å². The molecule has 20 heavy (non-hydrogen) atoms. The van der Waals surface area contributed by atoms with Crippen molar-refractivity contribution in [1.82, 2.24) is 5.43 Å². The van der Waals surface area contributed by atoms with Crippen molar-refractivity contribution in [3.63, 3.8) is 0 Å². The summed E-state index contributed by atoms with van der Waals surface area (Å²) in [7, 11) is 0. The molecule has 0 saturated heterocycles. The van der Waals surface area contributed by atoms with Gasteiger partial charge in [0.2, 0.25) is 0 Å². The SMILES string of the molecule is CCOc1ccccc1C(NN)c1ccc(C)cc1Cl. The third-order valence-corrected chi connectivity index (χ3v) is 3.49. The highest BCUT2D eigenvalue weighted by Gasteiger charge is 2.19. The number of nitrogens with two attached hydrogens (primary N) is 1. The Bertz CT molecular complexity index is 586. The van der Waals surface area contributed by atoms with Crippen molar-refractivity contribution in [3.8, 4) is 5.75 Å². The van der Waals surface area contributed by atoms with Crippen LogP contribution in [-0.2, 0) is 0 Å². The van der Waals surface area contributed by atoms with E-state index >= 15 is 0 Å². The molecule has 0 aliphatic carbocycles. The van der Waals surface area contributed by atoms with Crippen molar-refractivity contribution < 1.29 is 4.74 Å². The molecule has 0 amide bonds. The summed E-state index contributed by atoms with van der Waals surface area (Å²) in [6.07, 6.45) is 0. The number of aryl methyl sites for hydroxylation is 1. The average Bonchev–Trinajstić information content (AvgIpc) is 2.44. The Kier molecular flexibility index (Phi) is 5.01. The number of benzene rings is 2. The summed E-state index contributed by atoms with van der Waals surface area (Å²) in [4.78, 5) is 0. The summed E-state index contributed by atoms with van der Waals surface area (Å²) in [5.74, 6) is 6.56. The Morgan fingerprint density at radius 1 is 1.20 bits per heavy atom. The number of nitrogens with one attached hydrogen (secondary N) is 1. The van der Waals surface area contributed by atoms with Gasteiger partial charge in [-0.25, -0.2) is 5.43 Å². The zero-order valence-electron chi connectivity index (χ0n) is 11.7. The molecule has 2 aromatic rings. The Morgan fingerprint density at radius 2 is 1.95 bits per heavy atom. The topological polar surface area (TPSA) is 47.3 Å². The van der Waals surface area contributed by atoms with E-state index in [1.54, 1.807) is 0 Å². The molecule has 0 bridgehead atoms. The molecule has 0 aliphatic heterocycles. The molecule has 0 radical (unpaired) electrons. The van der Waals surface area contributed by atoms with Crippen molar-refractivity contribution in [3.05, 3.63) is 64.2 Å². The van der Waals surface area contributed by atoms with Crippen LogP contribution in [0.5, 0.6) is 5.75 Å². The van der Waals surface area contributed by atoms with Crippen molar-refractivity contribution in [2.75, 3.05) is 6.61 Å². The Labute approximate surface area is 124 Å². The minimum atomic E-state index is -0.203. The van der Waals surface area contributed by atoms with Gasteiger partial charge in [0.15, 0.2) is 0 Å². The van der Waals surface area contributed by atoms with E-state index in [9.17, 15) is 0 Å². The lowest BCUT2D eigenvalue weighted by Gasteiger charge is -2.21. The molecule has 0 fully saturated rings. The van der Waals surface area contributed by atoms with Gasteiger partial charge in [0.05, 0.1) is 12.6 Å². The third-order valence-electron chi connectivity index (χ3n) is 3.16. The van der Waals surface area contributed by atoms with Gasteiger partial charge in [-0.3, -0.25) is 5.84 Å². The van der Waals surface area contributed by atoms with Gasteiger partial charge in [0.1, 0.15) is 5.75 Å². The lowest BCUT2D eigenvalue weighted by Crippen LogP contribution is -2.29. The number of ether oxygens (including phenoxy) is 1. The molecule has 4 heteroatoms. The molecule has 0 aliphatic rings. The van der Waals surface area contributed by atoms with Gasteiger partial charge in [-0.2, -0.15) is 0 Å². The highest BCUT2D eigenvalue weighted by atomic mass is 35.5. The fourth-order valence-corrected chi connectivity index (χ4v) is 2.56. The first-order chi connectivity index (χ1) is 9.67. The van der Waals surface area contributed by atoms with Gasteiger partial charge >= 0.3 is 0 Å². The van der Waals surface area contributed by atoms with E-state index in [0.29, 0.717) is 11.6 Å². The second kappa shape index (κ2) is 6.75. The van der Waals surface area contributed by atoms with E-state index in [0.717, 1.165) is 22.4 Å². The maximum absolute atomic E-state index is 6.35. The van der Waals surface area contributed by atoms with Crippen LogP contribution in [0, 0.1) is 6.92 Å². The molecule has 3 nitrogen and oxygen atoms in total. The maximum Gasteiger partial charge on any atom is 0.124 e. The lowest BCUT2D eigenvalue weighted by atomic mass is 9.97. The fraction of sp³-hybridized carbons (Fsp3) is 0.250. The van der Waals surface area contributed by atoms with Gasteiger partial charge in [0, 0.05) is 10.6 Å². The molecule has 2 rings (SSSR count).